The molecule has 1 aromatic carbocycles. The predicted octanol–water partition coefficient (Wildman–Crippen LogP) is 4.55. The fourth-order valence-electron chi connectivity index (χ4n) is 3.82. The van der Waals surface area contributed by atoms with Crippen LogP contribution in [0, 0.1) is 5.92 Å². The molecule has 0 aromatic heterocycles. The van der Waals surface area contributed by atoms with Gasteiger partial charge in [0.2, 0.25) is 0 Å². The molecule has 150 valence electrons. The van der Waals surface area contributed by atoms with Crippen molar-refractivity contribution in [2.45, 2.75) is 55.5 Å². The molecule has 0 aliphatic carbocycles. The van der Waals surface area contributed by atoms with Crippen LogP contribution in [0.5, 0.6) is 5.75 Å². The SMILES string of the molecule is COc1ccc(COCC[C@@H]2CC3(SCCCS3)[C@H](C)C(CC=O)O2)cc1. The van der Waals surface area contributed by atoms with Crippen molar-refractivity contribution in [1.29, 1.82) is 0 Å². The van der Waals surface area contributed by atoms with E-state index < -0.39 is 0 Å². The number of carbonyl (C=O) groups excluding carboxylic acids is 1. The van der Waals surface area contributed by atoms with Gasteiger partial charge in [-0.1, -0.05) is 19.1 Å². The minimum absolute atomic E-state index is 0.0286. The molecule has 2 aliphatic heterocycles. The molecular weight excluding hydrogens is 380 g/mol. The van der Waals surface area contributed by atoms with Crippen molar-refractivity contribution in [3.63, 3.8) is 0 Å². The normalized spacial score (nSPS) is 27.4. The second-order valence-electron chi connectivity index (χ2n) is 7.24. The van der Waals surface area contributed by atoms with Crippen LogP contribution in [0.3, 0.4) is 0 Å². The lowest BCUT2D eigenvalue weighted by Gasteiger charge is -2.50. The second kappa shape index (κ2) is 10.2. The molecule has 0 amide bonds. The summed E-state index contributed by atoms with van der Waals surface area (Å²) in [5, 5.41) is 0. The summed E-state index contributed by atoms with van der Waals surface area (Å²) in [5.74, 6) is 3.68. The first-order valence-electron chi connectivity index (χ1n) is 9.74. The van der Waals surface area contributed by atoms with Crippen LogP contribution < -0.4 is 4.74 Å². The topological polar surface area (TPSA) is 44.8 Å². The quantitative estimate of drug-likeness (QED) is 0.463. The maximum atomic E-state index is 11.1. The third-order valence-corrected chi connectivity index (χ3v) is 9.20. The third-order valence-electron chi connectivity index (χ3n) is 5.45. The molecular formula is C21H30O4S2. The Kier molecular flexibility index (Phi) is 7.94. The fourth-order valence-corrected chi connectivity index (χ4v) is 7.54. The maximum absolute atomic E-state index is 11.1. The minimum atomic E-state index is 0.0286. The molecule has 3 atom stereocenters. The monoisotopic (exact) mass is 410 g/mol. The summed E-state index contributed by atoms with van der Waals surface area (Å²) >= 11 is 4.16. The number of carbonyl (C=O) groups is 1. The van der Waals surface area contributed by atoms with Crippen molar-refractivity contribution in [3.05, 3.63) is 29.8 Å². The van der Waals surface area contributed by atoms with Crippen LogP contribution in [0.25, 0.3) is 0 Å². The Hall–Kier alpha value is -0.690. The highest BCUT2D eigenvalue weighted by Crippen LogP contribution is 2.55. The molecule has 2 aliphatic rings. The van der Waals surface area contributed by atoms with Gasteiger partial charge in [-0.25, -0.2) is 0 Å². The van der Waals surface area contributed by atoms with Gasteiger partial charge in [-0.2, -0.15) is 0 Å². The Morgan fingerprint density at radius 1 is 1.26 bits per heavy atom. The van der Waals surface area contributed by atoms with Crippen molar-refractivity contribution in [1.82, 2.24) is 0 Å². The van der Waals surface area contributed by atoms with Gasteiger partial charge in [-0.05, 0) is 48.5 Å². The highest BCUT2D eigenvalue weighted by Gasteiger charge is 2.48. The van der Waals surface area contributed by atoms with E-state index in [4.69, 9.17) is 14.2 Å². The van der Waals surface area contributed by atoms with Gasteiger partial charge in [-0.15, -0.1) is 23.5 Å². The molecule has 1 aromatic rings. The van der Waals surface area contributed by atoms with E-state index in [9.17, 15) is 4.79 Å². The number of benzene rings is 1. The molecule has 1 spiro atoms. The van der Waals surface area contributed by atoms with Gasteiger partial charge in [0.15, 0.2) is 0 Å². The highest BCUT2D eigenvalue weighted by atomic mass is 32.2. The summed E-state index contributed by atoms with van der Waals surface area (Å²) in [6, 6.07) is 7.97. The van der Waals surface area contributed by atoms with Crippen LogP contribution in [-0.4, -0.2) is 47.8 Å². The summed E-state index contributed by atoms with van der Waals surface area (Å²) < 4.78 is 17.6. The molecule has 0 N–H and O–H groups in total. The zero-order valence-corrected chi connectivity index (χ0v) is 17.9. The number of thioether (sulfide) groups is 2. The Morgan fingerprint density at radius 3 is 2.67 bits per heavy atom. The summed E-state index contributed by atoms with van der Waals surface area (Å²) in [5.41, 5.74) is 1.14. The van der Waals surface area contributed by atoms with Gasteiger partial charge in [0.1, 0.15) is 12.0 Å². The van der Waals surface area contributed by atoms with E-state index in [1.54, 1.807) is 7.11 Å². The number of methoxy groups -OCH3 is 1. The van der Waals surface area contributed by atoms with Crippen molar-refractivity contribution >= 4 is 29.8 Å². The number of hydrogen-bond donors (Lipinski definition) is 0. The number of rotatable bonds is 8. The largest absolute Gasteiger partial charge is 0.497 e. The number of ether oxygens (including phenoxy) is 3. The summed E-state index contributed by atoms with van der Waals surface area (Å²) in [6.07, 6.45) is 4.90. The average molecular weight is 411 g/mol. The Morgan fingerprint density at radius 2 is 2.00 bits per heavy atom. The van der Waals surface area contributed by atoms with E-state index in [-0.39, 0.29) is 16.3 Å². The summed E-state index contributed by atoms with van der Waals surface area (Å²) in [7, 11) is 1.67. The molecule has 0 saturated carbocycles. The lowest BCUT2D eigenvalue weighted by Crippen LogP contribution is -2.50. The molecule has 0 radical (unpaired) electrons. The molecule has 4 nitrogen and oxygen atoms in total. The van der Waals surface area contributed by atoms with Crippen molar-refractivity contribution in [2.24, 2.45) is 5.92 Å². The first-order valence-corrected chi connectivity index (χ1v) is 11.7. The lowest BCUT2D eigenvalue weighted by atomic mass is 9.89. The van der Waals surface area contributed by atoms with Gasteiger partial charge in [0.05, 0.1) is 30.0 Å². The van der Waals surface area contributed by atoms with E-state index in [0.717, 1.165) is 30.4 Å². The van der Waals surface area contributed by atoms with Crippen LogP contribution >= 0.6 is 23.5 Å². The lowest BCUT2D eigenvalue weighted by molar-refractivity contribution is -0.120. The molecule has 1 unspecified atom stereocenters. The van der Waals surface area contributed by atoms with Crippen LogP contribution in [0.4, 0.5) is 0 Å². The van der Waals surface area contributed by atoms with Gasteiger partial charge in [0, 0.05) is 18.9 Å². The van der Waals surface area contributed by atoms with Gasteiger partial charge >= 0.3 is 0 Å². The first-order chi connectivity index (χ1) is 13.2. The zero-order valence-electron chi connectivity index (χ0n) is 16.2. The second-order valence-corrected chi connectivity index (χ2v) is 10.4. The zero-order chi connectivity index (χ0) is 19.1. The van der Waals surface area contributed by atoms with Crippen LogP contribution in [-0.2, 0) is 20.9 Å². The minimum Gasteiger partial charge on any atom is -0.497 e. The van der Waals surface area contributed by atoms with E-state index in [1.165, 1.54) is 17.9 Å². The van der Waals surface area contributed by atoms with Crippen molar-refractivity contribution in [3.8, 4) is 5.75 Å². The van der Waals surface area contributed by atoms with Crippen LogP contribution in [0.15, 0.2) is 24.3 Å². The molecule has 27 heavy (non-hydrogen) atoms. The van der Waals surface area contributed by atoms with Gasteiger partial charge in [-0.3, -0.25) is 0 Å². The molecule has 0 bridgehead atoms. The first kappa shape index (κ1) is 21.0. The van der Waals surface area contributed by atoms with Crippen molar-refractivity contribution < 1.29 is 19.0 Å². The van der Waals surface area contributed by atoms with Crippen LogP contribution in [0.2, 0.25) is 0 Å². The smallest absolute Gasteiger partial charge is 0.122 e. The number of aldehydes is 1. The third kappa shape index (κ3) is 5.43. The highest BCUT2D eigenvalue weighted by molar-refractivity contribution is 8.18. The Bertz CT molecular complexity index is 586. The number of hydrogen-bond acceptors (Lipinski definition) is 6. The predicted molar refractivity (Wildman–Crippen MR) is 113 cm³/mol. The van der Waals surface area contributed by atoms with Gasteiger partial charge in [0.25, 0.3) is 0 Å². The van der Waals surface area contributed by atoms with Crippen molar-refractivity contribution in [2.75, 3.05) is 25.2 Å². The summed E-state index contributed by atoms with van der Waals surface area (Å²) in [4.78, 5) is 11.1. The summed E-state index contributed by atoms with van der Waals surface area (Å²) in [6.45, 7) is 3.53. The van der Waals surface area contributed by atoms with E-state index in [1.807, 2.05) is 24.3 Å². The fraction of sp³-hybridized carbons (Fsp3) is 0.667. The van der Waals surface area contributed by atoms with Gasteiger partial charge < -0.3 is 19.0 Å². The Balaban J connectivity index is 1.51. The maximum Gasteiger partial charge on any atom is 0.122 e. The molecule has 6 heteroatoms. The molecule has 2 heterocycles. The van der Waals surface area contributed by atoms with E-state index in [2.05, 4.69) is 30.4 Å². The standard InChI is InChI=1S/C21H30O4S2/c1-16-20(8-10-22)25-19(14-21(16)26-12-3-13-27-21)9-11-24-15-17-4-6-18(23-2)7-5-17/h4-7,10,16,19-20H,3,8-9,11-15H2,1-2H3/t16-,19-,20?/m1/s1. The molecule has 2 fully saturated rings. The Labute approximate surface area is 171 Å². The van der Waals surface area contributed by atoms with E-state index in [0.29, 0.717) is 25.6 Å². The molecule has 2 saturated heterocycles. The van der Waals surface area contributed by atoms with Crippen LogP contribution in [0.1, 0.15) is 38.2 Å². The van der Waals surface area contributed by atoms with E-state index >= 15 is 0 Å². The average Bonchev–Trinajstić information content (AvgIpc) is 2.70. The molecule has 3 rings (SSSR count).